The van der Waals surface area contributed by atoms with Gasteiger partial charge in [0.2, 0.25) is 0 Å². The summed E-state index contributed by atoms with van der Waals surface area (Å²) in [6.07, 6.45) is 5.08. The third-order valence-corrected chi connectivity index (χ3v) is 4.03. The zero-order valence-electron chi connectivity index (χ0n) is 14.6. The van der Waals surface area contributed by atoms with E-state index in [1.807, 2.05) is 0 Å². The molecule has 0 N–H and O–H groups in total. The van der Waals surface area contributed by atoms with Crippen LogP contribution in [0, 0.1) is 37.0 Å². The van der Waals surface area contributed by atoms with Gasteiger partial charge in [0.25, 0.3) is 0 Å². The Bertz CT molecular complexity index is 588. The van der Waals surface area contributed by atoms with E-state index in [1.165, 1.54) is 56.2 Å². The molecule has 0 bridgehead atoms. The molecule has 1 aromatic rings. The Morgan fingerprint density at radius 2 is 1.31 bits per heavy atom. The summed E-state index contributed by atoms with van der Waals surface area (Å²) in [6.45, 7) is 29.0. The summed E-state index contributed by atoms with van der Waals surface area (Å²) in [4.78, 5) is 2.34. The maximum atomic E-state index is 7.50. The summed E-state index contributed by atoms with van der Waals surface area (Å²) < 4.78 is 44.6. The molecule has 0 fully saturated rings. The topological polar surface area (TPSA) is 116 Å². The summed E-state index contributed by atoms with van der Waals surface area (Å²) in [5, 5.41) is 0. The average Bonchev–Trinajstić information content (AvgIpc) is 2.76. The molecule has 0 radical (unpaired) electrons. The van der Waals surface area contributed by atoms with E-state index < -0.39 is 0 Å². The van der Waals surface area contributed by atoms with Crippen LogP contribution in [-0.4, -0.2) is 13.1 Å². The molecule has 0 amide bonds. The molecular formula is C18H19NO6W. The van der Waals surface area contributed by atoms with Crippen molar-refractivity contribution < 1.29 is 47.0 Å². The second kappa shape index (κ2) is 25.6. The molecule has 26 heavy (non-hydrogen) atoms. The van der Waals surface area contributed by atoms with E-state index in [2.05, 4.69) is 58.1 Å². The fraction of sp³-hybridized carbons (Fsp3) is 0.444. The Morgan fingerprint density at radius 1 is 0.885 bits per heavy atom. The van der Waals surface area contributed by atoms with Gasteiger partial charge in [0.15, 0.2) is 0 Å². The Labute approximate surface area is 164 Å². The van der Waals surface area contributed by atoms with Crippen LogP contribution in [0.2, 0.25) is 0 Å². The zero-order chi connectivity index (χ0) is 21.5. The van der Waals surface area contributed by atoms with Crippen LogP contribution in [0.25, 0.3) is 0 Å². The van der Waals surface area contributed by atoms with Crippen molar-refractivity contribution in [3.8, 4) is 0 Å². The van der Waals surface area contributed by atoms with Gasteiger partial charge in [-0.15, -0.1) is 0 Å². The van der Waals surface area contributed by atoms with Gasteiger partial charge in [-0.25, -0.2) is 0 Å². The number of nitrogens with zero attached hydrogens (tertiary/aromatic N) is 1. The standard InChI is InChI=1S/C13H19NO.5CO.W/c1-3-14(4-2)13-12-8-6-5-7-11(12)9-10-15-13;5*1-2;/h9H,3-8H2,1-2H3;;;;;;. The molecule has 2 rings (SSSR count). The Morgan fingerprint density at radius 3 is 1.73 bits per heavy atom. The molecule has 138 valence electrons. The molecule has 0 aliphatic heterocycles. The molecule has 0 spiro atoms. The zero-order valence-corrected chi connectivity index (χ0v) is 17.6. The number of hydrogen-bond donors (Lipinski definition) is 0. The number of rotatable bonds is 3. The van der Waals surface area contributed by atoms with Gasteiger partial charge >= 0.3 is 165 Å². The van der Waals surface area contributed by atoms with E-state index in [9.17, 15) is 0 Å². The first-order valence-electron chi connectivity index (χ1n) is 7.19. The molecule has 0 saturated heterocycles. The van der Waals surface area contributed by atoms with Gasteiger partial charge in [-0.2, -0.15) is 0 Å². The average molecular weight is 529 g/mol. The third kappa shape index (κ3) is 11.8. The number of aryl methyl sites for hydroxylation is 1. The molecular weight excluding hydrogens is 510 g/mol. The van der Waals surface area contributed by atoms with Crippen LogP contribution in [0.1, 0.15) is 37.8 Å². The van der Waals surface area contributed by atoms with Crippen molar-refractivity contribution in [1.29, 1.82) is 0 Å². The Balaban J connectivity index is -0.000000210. The van der Waals surface area contributed by atoms with Gasteiger partial charge in [0.1, 0.15) is 0 Å². The Hall–Kier alpha value is -1.66. The van der Waals surface area contributed by atoms with Crippen LogP contribution < -0.4 is 4.90 Å². The van der Waals surface area contributed by atoms with Crippen molar-refractivity contribution in [2.75, 3.05) is 18.0 Å². The third-order valence-electron chi connectivity index (χ3n) is 3.31. The van der Waals surface area contributed by atoms with Crippen LogP contribution in [0.15, 0.2) is 10.5 Å². The van der Waals surface area contributed by atoms with Gasteiger partial charge in [0, 0.05) is 0 Å². The van der Waals surface area contributed by atoms with E-state index in [-0.39, 0.29) is 0 Å². The summed E-state index contributed by atoms with van der Waals surface area (Å²) in [6, 6.07) is 2.26. The van der Waals surface area contributed by atoms with E-state index in [0.717, 1.165) is 22.7 Å². The predicted molar refractivity (Wildman–Crippen MR) is 81.8 cm³/mol. The fourth-order valence-electron chi connectivity index (χ4n) is 2.43. The summed E-state index contributed by atoms with van der Waals surface area (Å²) in [5.74, 6) is 1.15. The van der Waals surface area contributed by atoms with Crippen molar-refractivity contribution in [3.05, 3.63) is 54.2 Å². The van der Waals surface area contributed by atoms with Crippen molar-refractivity contribution in [3.63, 3.8) is 0 Å². The van der Waals surface area contributed by atoms with E-state index in [4.69, 9.17) is 27.7 Å². The van der Waals surface area contributed by atoms with E-state index in [0.29, 0.717) is 0 Å². The van der Waals surface area contributed by atoms with E-state index in [1.54, 1.807) is 0 Å². The molecule has 1 aromatic heterocycles. The van der Waals surface area contributed by atoms with Crippen molar-refractivity contribution in [2.24, 2.45) is 0 Å². The number of hydrogen-bond acceptors (Lipinski definition) is 2. The van der Waals surface area contributed by atoms with Crippen molar-refractivity contribution >= 4 is 5.88 Å². The van der Waals surface area contributed by atoms with Crippen molar-refractivity contribution in [2.45, 2.75) is 39.5 Å². The summed E-state index contributed by atoms with van der Waals surface area (Å²) in [5.41, 5.74) is 3.00. The Kier molecular flexibility index (Phi) is 31.5. The summed E-state index contributed by atoms with van der Waals surface area (Å²) in [7, 11) is 0. The monoisotopic (exact) mass is 529 g/mol. The van der Waals surface area contributed by atoms with Crippen molar-refractivity contribution in [1.82, 2.24) is 0 Å². The van der Waals surface area contributed by atoms with Crippen LogP contribution >= 0.6 is 0 Å². The van der Waals surface area contributed by atoms with Crippen LogP contribution in [0.4, 0.5) is 5.88 Å². The van der Waals surface area contributed by atoms with Crippen LogP contribution in [0.5, 0.6) is 0 Å². The molecule has 0 saturated carbocycles. The quantitative estimate of drug-likeness (QED) is 0.443. The number of fused-ring (bicyclic) bond motifs is 1. The van der Waals surface area contributed by atoms with Crippen LogP contribution in [-0.2, 0) is 55.5 Å². The first kappa shape index (κ1) is 32.0. The summed E-state index contributed by atoms with van der Waals surface area (Å²) >= 11 is 1.43. The van der Waals surface area contributed by atoms with Gasteiger partial charge < -0.3 is 0 Å². The molecule has 0 unspecified atom stereocenters. The first-order chi connectivity index (χ1) is 12.8. The second-order valence-corrected chi connectivity index (χ2v) is 5.70. The molecule has 0 aromatic carbocycles. The van der Waals surface area contributed by atoms with Gasteiger partial charge in [-0.3, -0.25) is 0 Å². The molecule has 1 heterocycles. The fourth-order valence-corrected chi connectivity index (χ4v) is 3.22. The first-order valence-corrected chi connectivity index (χ1v) is 8.65. The van der Waals surface area contributed by atoms with E-state index >= 15 is 0 Å². The normalized spacial score (nSPS) is 9.38. The minimum absolute atomic E-state index is 1.03. The molecule has 7 nitrogen and oxygen atoms in total. The molecule has 1 aliphatic carbocycles. The number of anilines is 1. The maximum absolute atomic E-state index is 7.50. The van der Waals surface area contributed by atoms with Gasteiger partial charge in [-0.1, -0.05) is 0 Å². The SMILES string of the molecule is CCN(CC)c1o[c](=[W])cc2c1CCCC2.[C-]#[O+].[C-]#[O+].[C-]#[O+].[C-]#[O+].[C-]#[O+]. The van der Waals surface area contributed by atoms with Gasteiger partial charge in [0.05, 0.1) is 0 Å². The minimum atomic E-state index is 1.03. The molecule has 0 atom stereocenters. The van der Waals surface area contributed by atoms with Crippen LogP contribution in [0.3, 0.4) is 0 Å². The predicted octanol–water partition coefficient (Wildman–Crippen LogP) is 2.90. The second-order valence-electron chi connectivity index (χ2n) is 4.25. The van der Waals surface area contributed by atoms with Gasteiger partial charge in [-0.05, 0) is 0 Å². The molecule has 1 aliphatic rings. The molecule has 8 heteroatoms.